The number of nitrogens with zero attached hydrogens (tertiary/aromatic N) is 1. The molecule has 0 aliphatic rings. The largest absolute Gasteiger partial charge is 0.393 e. The summed E-state index contributed by atoms with van der Waals surface area (Å²) in [6.07, 6.45) is 1.33. The van der Waals surface area contributed by atoms with Gasteiger partial charge in [-0.1, -0.05) is 12.1 Å². The highest BCUT2D eigenvalue weighted by molar-refractivity contribution is 5.39. The maximum Gasteiger partial charge on any atom is 0.333 e. The van der Waals surface area contributed by atoms with Crippen molar-refractivity contribution in [2.45, 2.75) is 6.92 Å². The highest BCUT2D eigenvalue weighted by Gasteiger charge is 2.03. The molecule has 82 valence electrons. The van der Waals surface area contributed by atoms with Gasteiger partial charge < -0.3 is 5.73 Å². The van der Waals surface area contributed by atoms with E-state index in [0.717, 1.165) is 5.56 Å². The summed E-state index contributed by atoms with van der Waals surface area (Å²) in [4.78, 5) is 24.8. The average molecular weight is 217 g/mol. The third-order valence-corrected chi connectivity index (χ3v) is 2.25. The molecule has 0 fully saturated rings. The average Bonchev–Trinajstić information content (AvgIpc) is 2.23. The summed E-state index contributed by atoms with van der Waals surface area (Å²) >= 11 is 0. The predicted molar refractivity (Wildman–Crippen MR) is 61.8 cm³/mol. The van der Waals surface area contributed by atoms with E-state index in [4.69, 9.17) is 5.73 Å². The smallest absolute Gasteiger partial charge is 0.333 e. The normalized spacial score (nSPS) is 10.3. The molecule has 0 atom stereocenters. The fraction of sp³-hybridized carbons (Fsp3) is 0.0909. The Bertz CT molecular complexity index is 640. The lowest BCUT2D eigenvalue weighted by Gasteiger charge is -2.06. The van der Waals surface area contributed by atoms with Gasteiger partial charge in [0, 0.05) is 6.20 Å². The van der Waals surface area contributed by atoms with Gasteiger partial charge in [-0.05, 0) is 24.6 Å². The summed E-state index contributed by atoms with van der Waals surface area (Å²) in [5.74, 6) is 0. The number of anilines is 1. The molecular formula is C11H11N3O2. The first-order valence-electron chi connectivity index (χ1n) is 4.76. The van der Waals surface area contributed by atoms with Gasteiger partial charge in [0.1, 0.15) is 5.69 Å². The van der Waals surface area contributed by atoms with E-state index in [1.165, 1.54) is 10.8 Å². The molecule has 5 nitrogen and oxygen atoms in total. The van der Waals surface area contributed by atoms with Crippen molar-refractivity contribution < 1.29 is 0 Å². The number of aromatic amines is 1. The maximum atomic E-state index is 11.6. The summed E-state index contributed by atoms with van der Waals surface area (Å²) in [6, 6.07) is 7.35. The fourth-order valence-electron chi connectivity index (χ4n) is 1.46. The van der Waals surface area contributed by atoms with E-state index in [1.807, 2.05) is 25.1 Å². The molecule has 0 aliphatic carbocycles. The Hall–Kier alpha value is -2.30. The second-order valence-corrected chi connectivity index (χ2v) is 3.55. The molecule has 5 heteroatoms. The van der Waals surface area contributed by atoms with Gasteiger partial charge in [-0.2, -0.15) is 0 Å². The zero-order valence-electron chi connectivity index (χ0n) is 8.73. The number of nitrogen functional groups attached to an aromatic ring is 1. The maximum absolute atomic E-state index is 11.6. The van der Waals surface area contributed by atoms with Crippen molar-refractivity contribution in [3.8, 4) is 5.69 Å². The topological polar surface area (TPSA) is 80.9 Å². The van der Waals surface area contributed by atoms with Gasteiger partial charge in [-0.3, -0.25) is 14.3 Å². The molecule has 1 heterocycles. The number of H-pyrrole nitrogens is 1. The molecule has 0 bridgehead atoms. The highest BCUT2D eigenvalue weighted by Crippen LogP contribution is 2.07. The molecule has 0 aliphatic heterocycles. The van der Waals surface area contributed by atoms with E-state index in [9.17, 15) is 9.59 Å². The molecular weight excluding hydrogens is 206 g/mol. The monoisotopic (exact) mass is 217 g/mol. The Morgan fingerprint density at radius 1 is 1.31 bits per heavy atom. The molecule has 1 aromatic heterocycles. The molecule has 0 amide bonds. The van der Waals surface area contributed by atoms with Crippen molar-refractivity contribution in [1.29, 1.82) is 0 Å². The van der Waals surface area contributed by atoms with E-state index in [1.54, 1.807) is 6.07 Å². The first-order valence-corrected chi connectivity index (χ1v) is 4.76. The van der Waals surface area contributed by atoms with Crippen LogP contribution in [0, 0.1) is 6.92 Å². The Morgan fingerprint density at radius 2 is 2.06 bits per heavy atom. The van der Waals surface area contributed by atoms with E-state index >= 15 is 0 Å². The number of hydrogen-bond acceptors (Lipinski definition) is 3. The minimum Gasteiger partial charge on any atom is -0.393 e. The number of nitrogens with two attached hydrogens (primary N) is 1. The van der Waals surface area contributed by atoms with Crippen LogP contribution in [0.5, 0.6) is 0 Å². The van der Waals surface area contributed by atoms with Crippen LogP contribution in [-0.2, 0) is 0 Å². The van der Waals surface area contributed by atoms with Crippen LogP contribution in [-0.4, -0.2) is 9.55 Å². The summed E-state index contributed by atoms with van der Waals surface area (Å²) < 4.78 is 1.31. The summed E-state index contributed by atoms with van der Waals surface area (Å²) in [6.45, 7) is 1.92. The zero-order valence-corrected chi connectivity index (χ0v) is 8.73. The lowest BCUT2D eigenvalue weighted by molar-refractivity contribution is 0.900. The highest BCUT2D eigenvalue weighted by atomic mass is 16.2. The van der Waals surface area contributed by atoms with Crippen LogP contribution in [0.1, 0.15) is 5.56 Å². The van der Waals surface area contributed by atoms with Gasteiger partial charge in [0.25, 0.3) is 5.56 Å². The summed E-state index contributed by atoms with van der Waals surface area (Å²) in [7, 11) is 0. The van der Waals surface area contributed by atoms with Crippen molar-refractivity contribution in [2.24, 2.45) is 0 Å². The van der Waals surface area contributed by atoms with Gasteiger partial charge in [0.2, 0.25) is 0 Å². The number of hydrogen-bond donors (Lipinski definition) is 2. The minimum atomic E-state index is -0.561. The van der Waals surface area contributed by atoms with Crippen molar-refractivity contribution in [3.63, 3.8) is 0 Å². The van der Waals surface area contributed by atoms with E-state index in [0.29, 0.717) is 5.69 Å². The number of nitrogens with one attached hydrogen (secondary N) is 1. The predicted octanol–water partition coefficient (Wildman–Crippen LogP) is 0.416. The van der Waals surface area contributed by atoms with Crippen LogP contribution >= 0.6 is 0 Å². The molecule has 3 N–H and O–H groups in total. The van der Waals surface area contributed by atoms with E-state index in [2.05, 4.69) is 4.98 Å². The van der Waals surface area contributed by atoms with Gasteiger partial charge >= 0.3 is 5.69 Å². The second-order valence-electron chi connectivity index (χ2n) is 3.55. The van der Waals surface area contributed by atoms with E-state index < -0.39 is 11.2 Å². The number of benzene rings is 1. The van der Waals surface area contributed by atoms with Crippen LogP contribution in [0.2, 0.25) is 0 Å². The standard InChI is InChI=1S/C11H11N3O2/c1-7-3-2-4-8(5-7)14-6-9(12)10(15)13-11(14)16/h2-6H,12H2,1H3,(H,13,15,16). The third kappa shape index (κ3) is 1.75. The number of aryl methyl sites for hydroxylation is 1. The molecule has 0 spiro atoms. The van der Waals surface area contributed by atoms with Crippen molar-refractivity contribution in [3.05, 3.63) is 56.9 Å². The quantitative estimate of drug-likeness (QED) is 0.726. The summed E-state index contributed by atoms with van der Waals surface area (Å²) in [5.41, 5.74) is 6.12. The van der Waals surface area contributed by atoms with Gasteiger partial charge in [-0.15, -0.1) is 0 Å². The molecule has 16 heavy (non-hydrogen) atoms. The van der Waals surface area contributed by atoms with Crippen molar-refractivity contribution in [1.82, 2.24) is 9.55 Å². The van der Waals surface area contributed by atoms with E-state index in [-0.39, 0.29) is 5.69 Å². The van der Waals surface area contributed by atoms with Crippen LogP contribution in [0.4, 0.5) is 5.69 Å². The second kappa shape index (κ2) is 3.69. The van der Waals surface area contributed by atoms with Crippen molar-refractivity contribution in [2.75, 3.05) is 5.73 Å². The molecule has 0 radical (unpaired) electrons. The Labute approximate surface area is 91.2 Å². The SMILES string of the molecule is Cc1cccc(-n2cc(N)c(=O)[nH]c2=O)c1. The molecule has 1 aromatic carbocycles. The Balaban J connectivity index is 2.70. The van der Waals surface area contributed by atoms with Crippen LogP contribution in [0.25, 0.3) is 5.69 Å². The van der Waals surface area contributed by atoms with Crippen LogP contribution < -0.4 is 17.0 Å². The number of aromatic nitrogens is 2. The van der Waals surface area contributed by atoms with Crippen LogP contribution in [0.15, 0.2) is 40.1 Å². The lowest BCUT2D eigenvalue weighted by Crippen LogP contribution is -2.30. The minimum absolute atomic E-state index is 0.0149. The van der Waals surface area contributed by atoms with Crippen LogP contribution in [0.3, 0.4) is 0 Å². The first-order chi connectivity index (χ1) is 7.58. The molecule has 0 saturated carbocycles. The lowest BCUT2D eigenvalue weighted by atomic mass is 10.2. The third-order valence-electron chi connectivity index (χ3n) is 2.25. The number of rotatable bonds is 1. The van der Waals surface area contributed by atoms with Gasteiger partial charge in [-0.25, -0.2) is 4.79 Å². The van der Waals surface area contributed by atoms with Gasteiger partial charge in [0.15, 0.2) is 0 Å². The Kier molecular flexibility index (Phi) is 2.36. The molecule has 0 saturated heterocycles. The first kappa shape index (κ1) is 10.2. The van der Waals surface area contributed by atoms with Gasteiger partial charge in [0.05, 0.1) is 5.69 Å². The molecule has 0 unspecified atom stereocenters. The summed E-state index contributed by atoms with van der Waals surface area (Å²) in [5, 5.41) is 0. The Morgan fingerprint density at radius 3 is 2.75 bits per heavy atom. The molecule has 2 rings (SSSR count). The van der Waals surface area contributed by atoms with Crippen molar-refractivity contribution >= 4 is 5.69 Å². The fourth-order valence-corrected chi connectivity index (χ4v) is 1.46. The molecule has 2 aromatic rings. The zero-order chi connectivity index (χ0) is 11.7.